The molecule has 0 bridgehead atoms. The van der Waals surface area contributed by atoms with Crippen molar-refractivity contribution in [3.63, 3.8) is 0 Å². The lowest BCUT2D eigenvalue weighted by atomic mass is 9.77. The zero-order valence-electron chi connectivity index (χ0n) is 18.1. The third-order valence-electron chi connectivity index (χ3n) is 6.89. The number of rotatable bonds is 5. The van der Waals surface area contributed by atoms with Crippen molar-refractivity contribution in [1.82, 2.24) is 4.90 Å². The van der Waals surface area contributed by atoms with Crippen LogP contribution in [-0.4, -0.2) is 54.5 Å². The van der Waals surface area contributed by atoms with Crippen LogP contribution in [0.3, 0.4) is 0 Å². The molecule has 0 saturated heterocycles. The molecule has 160 valence electrons. The van der Waals surface area contributed by atoms with Crippen LogP contribution in [0.5, 0.6) is 0 Å². The molecule has 0 radical (unpaired) electrons. The van der Waals surface area contributed by atoms with E-state index in [1.807, 2.05) is 31.3 Å². The number of anilines is 1. The summed E-state index contributed by atoms with van der Waals surface area (Å²) in [5.41, 5.74) is 9.26. The summed E-state index contributed by atoms with van der Waals surface area (Å²) in [4.78, 5) is 17.4. The van der Waals surface area contributed by atoms with Crippen molar-refractivity contribution in [2.75, 3.05) is 31.6 Å². The van der Waals surface area contributed by atoms with Crippen molar-refractivity contribution >= 4 is 29.6 Å². The van der Waals surface area contributed by atoms with E-state index in [1.165, 1.54) is 34.4 Å². The van der Waals surface area contributed by atoms with Crippen molar-refractivity contribution in [1.29, 1.82) is 0 Å². The normalized spacial score (nSPS) is 17.4. The molecule has 2 heterocycles. The third-order valence-corrected chi connectivity index (χ3v) is 6.89. The van der Waals surface area contributed by atoms with Gasteiger partial charge in [0.05, 0.1) is 0 Å². The van der Waals surface area contributed by atoms with Gasteiger partial charge in [-0.3, -0.25) is 9.69 Å². The summed E-state index contributed by atoms with van der Waals surface area (Å²) >= 11 is 0. The Balaban J connectivity index is 1.46. The molecule has 0 saturated carbocycles. The molecule has 5 nitrogen and oxygen atoms in total. The van der Waals surface area contributed by atoms with Crippen LogP contribution in [0.25, 0.3) is 5.57 Å². The number of carbonyl (C=O) groups excluding carboxylic acids is 1. The predicted octanol–water partition coefficient (Wildman–Crippen LogP) is 1.71. The van der Waals surface area contributed by atoms with Crippen molar-refractivity contribution in [2.24, 2.45) is 0 Å². The molecule has 2 aliphatic heterocycles. The van der Waals surface area contributed by atoms with E-state index in [0.29, 0.717) is 25.0 Å². The van der Waals surface area contributed by atoms with Crippen LogP contribution in [0.4, 0.5) is 5.69 Å². The molecule has 0 aromatic heterocycles. The summed E-state index contributed by atoms with van der Waals surface area (Å²) in [5.74, 6) is 0.186. The molecule has 0 unspecified atom stereocenters. The number of carbonyl (C=O) groups is 1. The zero-order chi connectivity index (χ0) is 21.5. The largest absolute Gasteiger partial charge is 0.488 e. The van der Waals surface area contributed by atoms with Crippen molar-refractivity contribution in [3.8, 4) is 0 Å². The Morgan fingerprint density at radius 1 is 1.06 bits per heavy atom. The van der Waals surface area contributed by atoms with Crippen LogP contribution in [0.2, 0.25) is 0 Å². The lowest BCUT2D eigenvalue weighted by Gasteiger charge is -2.39. The Labute approximate surface area is 184 Å². The Bertz CT molecular complexity index is 1060. The van der Waals surface area contributed by atoms with Gasteiger partial charge in [0.1, 0.15) is 0 Å². The van der Waals surface area contributed by atoms with Gasteiger partial charge in [-0.05, 0) is 83.7 Å². The van der Waals surface area contributed by atoms with E-state index in [0.717, 1.165) is 43.5 Å². The smallest absolute Gasteiger partial charge is 0.423 e. The molecule has 2 N–H and O–H groups in total. The number of aryl methyl sites for hydroxylation is 1. The molecule has 31 heavy (non-hydrogen) atoms. The van der Waals surface area contributed by atoms with E-state index in [4.69, 9.17) is 0 Å². The van der Waals surface area contributed by atoms with Crippen molar-refractivity contribution in [3.05, 3.63) is 64.2 Å². The molecule has 6 heteroatoms. The summed E-state index contributed by atoms with van der Waals surface area (Å²) in [7, 11) is 0.535. The molecule has 5 rings (SSSR count). The monoisotopic (exact) mass is 416 g/mol. The summed E-state index contributed by atoms with van der Waals surface area (Å²) in [5, 5.41) is 19.4. The molecule has 1 aliphatic carbocycles. The van der Waals surface area contributed by atoms with Gasteiger partial charge in [0.2, 0.25) is 0 Å². The third kappa shape index (κ3) is 3.84. The molecule has 2 aromatic carbocycles. The zero-order valence-corrected chi connectivity index (χ0v) is 18.1. The fourth-order valence-corrected chi connectivity index (χ4v) is 5.61. The van der Waals surface area contributed by atoms with Crippen LogP contribution in [0, 0.1) is 0 Å². The van der Waals surface area contributed by atoms with E-state index in [1.54, 1.807) is 6.07 Å². The Hall–Kier alpha value is -2.41. The van der Waals surface area contributed by atoms with Gasteiger partial charge in [-0.2, -0.15) is 0 Å². The van der Waals surface area contributed by atoms with Gasteiger partial charge in [-0.1, -0.05) is 24.3 Å². The summed E-state index contributed by atoms with van der Waals surface area (Å²) in [6, 6.07) is 9.75. The first-order chi connectivity index (χ1) is 15.0. The van der Waals surface area contributed by atoms with Crippen LogP contribution in [0.15, 0.2) is 36.4 Å². The maximum Gasteiger partial charge on any atom is 0.488 e. The summed E-state index contributed by atoms with van der Waals surface area (Å²) in [6.45, 7) is 3.50. The highest BCUT2D eigenvalue weighted by atomic mass is 16.4. The standard InChI is InChI=1S/C25H29BN2O3/c1-27(15-18-6-2-3-9-24(18)26(30)31)16-19-12-20(29)14-23-21-8-5-11-28-10-4-7-17(25(21)28)13-22(19)23/h2-3,6,9,12-13,30-31H,4-5,7-8,10-11,14-16H2,1H3. The number of fused-ring (bicyclic) bond motifs is 2. The number of nitrogens with zero attached hydrogens (tertiary/aromatic N) is 2. The number of likely N-dealkylation sites (N-methyl/N-ethyl adjacent to an activating group) is 1. The number of benzene rings is 2. The van der Waals surface area contributed by atoms with Gasteiger partial charge in [0.25, 0.3) is 0 Å². The topological polar surface area (TPSA) is 64.0 Å². The van der Waals surface area contributed by atoms with E-state index in [-0.39, 0.29) is 5.78 Å². The van der Waals surface area contributed by atoms with Gasteiger partial charge >= 0.3 is 7.12 Å². The van der Waals surface area contributed by atoms with E-state index in [2.05, 4.69) is 15.9 Å². The maximum absolute atomic E-state index is 12.7. The average Bonchev–Trinajstić information content (AvgIpc) is 2.75. The second-order valence-electron chi connectivity index (χ2n) is 9.14. The van der Waals surface area contributed by atoms with E-state index >= 15 is 0 Å². The van der Waals surface area contributed by atoms with Gasteiger partial charge in [-0.25, -0.2) is 0 Å². The molecule has 0 atom stereocenters. The Kier molecular flexibility index (Phi) is 5.46. The van der Waals surface area contributed by atoms with Crippen molar-refractivity contribution < 1.29 is 14.8 Å². The van der Waals surface area contributed by atoms with E-state index in [9.17, 15) is 14.8 Å². The van der Waals surface area contributed by atoms with Gasteiger partial charge in [0.15, 0.2) is 5.78 Å². The highest BCUT2D eigenvalue weighted by Gasteiger charge is 2.31. The summed E-state index contributed by atoms with van der Waals surface area (Å²) < 4.78 is 0. The number of ketones is 1. The van der Waals surface area contributed by atoms with E-state index < -0.39 is 7.12 Å². The van der Waals surface area contributed by atoms with Crippen LogP contribution < -0.4 is 10.4 Å². The maximum atomic E-state index is 12.7. The first kappa shape index (κ1) is 20.5. The fraction of sp³-hybridized carbons (Fsp3) is 0.400. The van der Waals surface area contributed by atoms with Crippen LogP contribution in [0.1, 0.15) is 40.7 Å². The van der Waals surface area contributed by atoms with Gasteiger partial charge < -0.3 is 14.9 Å². The molecule has 0 spiro atoms. The summed E-state index contributed by atoms with van der Waals surface area (Å²) in [6.07, 6.45) is 6.89. The molecule has 0 fully saturated rings. The highest BCUT2D eigenvalue weighted by Crippen LogP contribution is 2.42. The second-order valence-corrected chi connectivity index (χ2v) is 9.14. The molecule has 2 aromatic rings. The average molecular weight is 416 g/mol. The number of hydrogen-bond acceptors (Lipinski definition) is 5. The number of allylic oxidation sites excluding steroid dienone is 1. The molecular weight excluding hydrogens is 387 g/mol. The number of hydrogen-bond donors (Lipinski definition) is 2. The minimum atomic E-state index is -1.48. The Morgan fingerprint density at radius 3 is 2.65 bits per heavy atom. The highest BCUT2D eigenvalue weighted by molar-refractivity contribution is 6.59. The van der Waals surface area contributed by atoms with Gasteiger partial charge in [-0.15, -0.1) is 0 Å². The predicted molar refractivity (Wildman–Crippen MR) is 125 cm³/mol. The van der Waals surface area contributed by atoms with Crippen molar-refractivity contribution in [2.45, 2.75) is 38.6 Å². The second kappa shape index (κ2) is 8.27. The fourth-order valence-electron chi connectivity index (χ4n) is 5.61. The molecular formula is C25H29BN2O3. The van der Waals surface area contributed by atoms with Crippen LogP contribution >= 0.6 is 0 Å². The quantitative estimate of drug-likeness (QED) is 0.727. The minimum Gasteiger partial charge on any atom is -0.423 e. The SMILES string of the molecule is CN(CC1=CC(=O)Cc2c1cc1c3c2CCCN3CCC1)Cc1ccccc1B(O)O. The minimum absolute atomic E-state index is 0.186. The van der Waals surface area contributed by atoms with Crippen LogP contribution in [-0.2, 0) is 30.6 Å². The lowest BCUT2D eigenvalue weighted by Crippen LogP contribution is -2.36. The molecule has 3 aliphatic rings. The first-order valence-corrected chi connectivity index (χ1v) is 11.3. The Morgan fingerprint density at radius 2 is 1.84 bits per heavy atom. The van der Waals surface area contributed by atoms with Gasteiger partial charge in [0, 0.05) is 38.3 Å². The molecule has 0 amide bonds. The lowest BCUT2D eigenvalue weighted by molar-refractivity contribution is -0.114. The first-order valence-electron chi connectivity index (χ1n) is 11.3.